The van der Waals surface area contributed by atoms with E-state index in [2.05, 4.69) is 32.2 Å². The van der Waals surface area contributed by atoms with E-state index in [1.165, 1.54) is 4.88 Å². The van der Waals surface area contributed by atoms with Gasteiger partial charge >= 0.3 is 0 Å². The minimum absolute atomic E-state index is 0.00557. The van der Waals surface area contributed by atoms with E-state index in [4.69, 9.17) is 14.7 Å². The Morgan fingerprint density at radius 1 is 1.24 bits per heavy atom. The molecular formula is C16H25N3OS. The third-order valence-electron chi connectivity index (χ3n) is 3.36. The molecule has 0 spiro atoms. The molecule has 1 atom stereocenters. The van der Waals surface area contributed by atoms with Crippen LogP contribution in [0.15, 0.2) is 6.07 Å². The Bertz CT molecular complexity index is 576. The van der Waals surface area contributed by atoms with Gasteiger partial charge in [0.05, 0.1) is 5.39 Å². The maximum Gasteiger partial charge on any atom is 0.161 e. The number of rotatable bonds is 8. The lowest BCUT2D eigenvalue weighted by molar-refractivity contribution is 0.0497. The summed E-state index contributed by atoms with van der Waals surface area (Å²) < 4.78 is 5.84. The molecule has 2 aromatic rings. The normalized spacial score (nSPS) is 12.8. The van der Waals surface area contributed by atoms with Gasteiger partial charge in [-0.25, -0.2) is 9.97 Å². The van der Waals surface area contributed by atoms with Gasteiger partial charge in [0, 0.05) is 18.0 Å². The molecule has 4 nitrogen and oxygen atoms in total. The average Bonchev–Trinajstić information content (AvgIpc) is 2.90. The van der Waals surface area contributed by atoms with E-state index in [0.717, 1.165) is 47.7 Å². The highest BCUT2D eigenvalue weighted by molar-refractivity contribution is 7.18. The van der Waals surface area contributed by atoms with Gasteiger partial charge in [0.25, 0.3) is 0 Å². The van der Waals surface area contributed by atoms with Crippen LogP contribution in [0.1, 0.15) is 57.3 Å². The molecule has 0 aliphatic heterocycles. The Labute approximate surface area is 131 Å². The molecular weight excluding hydrogens is 282 g/mol. The number of fused-ring (bicyclic) bond motifs is 1. The molecule has 0 saturated carbocycles. The molecule has 116 valence electrons. The first-order valence-corrected chi connectivity index (χ1v) is 8.70. The monoisotopic (exact) mass is 307 g/mol. The van der Waals surface area contributed by atoms with Crippen molar-refractivity contribution in [2.24, 2.45) is 0 Å². The predicted molar refractivity (Wildman–Crippen MR) is 90.2 cm³/mol. The number of nitrogens with one attached hydrogen (secondary N) is 1. The van der Waals surface area contributed by atoms with Gasteiger partial charge in [0.15, 0.2) is 5.82 Å². The van der Waals surface area contributed by atoms with Crippen molar-refractivity contribution >= 4 is 27.4 Å². The third-order valence-corrected chi connectivity index (χ3v) is 4.53. The first kappa shape index (κ1) is 16.2. The lowest BCUT2D eigenvalue weighted by atomic mass is 10.2. The van der Waals surface area contributed by atoms with Crippen LogP contribution in [0, 0.1) is 0 Å². The van der Waals surface area contributed by atoms with Crippen LogP contribution in [0.25, 0.3) is 10.2 Å². The third kappa shape index (κ3) is 3.71. The SMILES string of the molecule is CCCC(OCC)c1nc(NCC)c2cc(CC)sc2n1. The molecule has 2 heterocycles. The van der Waals surface area contributed by atoms with Crippen LogP contribution in [-0.4, -0.2) is 23.1 Å². The highest BCUT2D eigenvalue weighted by Gasteiger charge is 2.18. The summed E-state index contributed by atoms with van der Waals surface area (Å²) in [4.78, 5) is 11.9. The second-order valence-electron chi connectivity index (χ2n) is 4.98. The average molecular weight is 307 g/mol. The summed E-state index contributed by atoms with van der Waals surface area (Å²) in [5.41, 5.74) is 0. The summed E-state index contributed by atoms with van der Waals surface area (Å²) in [6.45, 7) is 9.99. The molecule has 1 unspecified atom stereocenters. The molecule has 0 aliphatic rings. The van der Waals surface area contributed by atoms with Crippen LogP contribution in [0.4, 0.5) is 5.82 Å². The lowest BCUT2D eigenvalue weighted by Gasteiger charge is -2.16. The highest BCUT2D eigenvalue weighted by Crippen LogP contribution is 2.31. The van der Waals surface area contributed by atoms with E-state index in [1.54, 1.807) is 11.3 Å². The fourth-order valence-electron chi connectivity index (χ4n) is 2.36. The maximum atomic E-state index is 5.84. The standard InChI is InChI=1S/C16H25N3OS/c1-5-9-13(20-8-4)15-18-14(17-7-3)12-10-11(6-2)21-16(12)19-15/h10,13H,5-9H2,1-4H3,(H,17,18,19). The topological polar surface area (TPSA) is 47.0 Å². The van der Waals surface area contributed by atoms with Crippen molar-refractivity contribution in [1.29, 1.82) is 0 Å². The van der Waals surface area contributed by atoms with Crippen LogP contribution in [0.5, 0.6) is 0 Å². The smallest absolute Gasteiger partial charge is 0.161 e. The predicted octanol–water partition coefficient (Wildman–Crippen LogP) is 4.56. The Kier molecular flexibility index (Phi) is 5.94. The number of anilines is 1. The number of thiophene rings is 1. The molecule has 2 aromatic heterocycles. The summed E-state index contributed by atoms with van der Waals surface area (Å²) >= 11 is 1.76. The molecule has 0 aliphatic carbocycles. The van der Waals surface area contributed by atoms with Crippen LogP contribution >= 0.6 is 11.3 Å². The second-order valence-corrected chi connectivity index (χ2v) is 6.09. The van der Waals surface area contributed by atoms with Gasteiger partial charge in [-0.15, -0.1) is 11.3 Å². The minimum atomic E-state index is -0.00557. The molecule has 5 heteroatoms. The van der Waals surface area contributed by atoms with Crippen molar-refractivity contribution in [3.63, 3.8) is 0 Å². The number of hydrogen-bond acceptors (Lipinski definition) is 5. The Balaban J connectivity index is 2.47. The summed E-state index contributed by atoms with van der Waals surface area (Å²) in [5.74, 6) is 1.75. The van der Waals surface area contributed by atoms with Crippen LogP contribution in [-0.2, 0) is 11.2 Å². The first-order valence-electron chi connectivity index (χ1n) is 7.89. The van der Waals surface area contributed by atoms with Gasteiger partial charge in [-0.3, -0.25) is 0 Å². The second kappa shape index (κ2) is 7.71. The van der Waals surface area contributed by atoms with Gasteiger partial charge in [-0.1, -0.05) is 20.3 Å². The fourth-order valence-corrected chi connectivity index (χ4v) is 3.33. The maximum absolute atomic E-state index is 5.84. The summed E-state index contributed by atoms with van der Waals surface area (Å²) in [6.07, 6.45) is 3.05. The zero-order valence-electron chi connectivity index (χ0n) is 13.4. The molecule has 21 heavy (non-hydrogen) atoms. The van der Waals surface area contributed by atoms with Crippen LogP contribution in [0.2, 0.25) is 0 Å². The number of nitrogens with zero attached hydrogens (tertiary/aromatic N) is 2. The Morgan fingerprint density at radius 2 is 2.05 bits per heavy atom. The molecule has 0 bridgehead atoms. The lowest BCUT2D eigenvalue weighted by Crippen LogP contribution is -2.11. The van der Waals surface area contributed by atoms with E-state index in [1.807, 2.05) is 6.92 Å². The zero-order chi connectivity index (χ0) is 15.2. The highest BCUT2D eigenvalue weighted by atomic mass is 32.1. The quantitative estimate of drug-likeness (QED) is 0.776. The summed E-state index contributed by atoms with van der Waals surface area (Å²) in [5, 5.41) is 4.50. The molecule has 0 amide bonds. The molecule has 2 rings (SSSR count). The van der Waals surface area contributed by atoms with Gasteiger partial charge in [-0.05, 0) is 32.8 Å². The van der Waals surface area contributed by atoms with E-state index in [9.17, 15) is 0 Å². The van der Waals surface area contributed by atoms with Gasteiger partial charge in [-0.2, -0.15) is 0 Å². The van der Waals surface area contributed by atoms with E-state index >= 15 is 0 Å². The van der Waals surface area contributed by atoms with Crippen molar-refractivity contribution in [2.75, 3.05) is 18.5 Å². The molecule has 0 saturated heterocycles. The summed E-state index contributed by atoms with van der Waals surface area (Å²) in [7, 11) is 0. The van der Waals surface area contributed by atoms with Crippen LogP contribution in [0.3, 0.4) is 0 Å². The number of aromatic nitrogens is 2. The number of aryl methyl sites for hydroxylation is 1. The Morgan fingerprint density at radius 3 is 2.67 bits per heavy atom. The van der Waals surface area contributed by atoms with E-state index < -0.39 is 0 Å². The minimum Gasteiger partial charge on any atom is -0.371 e. The van der Waals surface area contributed by atoms with Crippen molar-refractivity contribution < 1.29 is 4.74 Å². The Hall–Kier alpha value is -1.20. The van der Waals surface area contributed by atoms with Gasteiger partial charge in [0.1, 0.15) is 16.8 Å². The number of hydrogen-bond donors (Lipinski definition) is 1. The summed E-state index contributed by atoms with van der Waals surface area (Å²) in [6, 6.07) is 2.21. The molecule has 0 fully saturated rings. The van der Waals surface area contributed by atoms with Crippen molar-refractivity contribution in [2.45, 2.75) is 53.1 Å². The molecule has 1 N–H and O–H groups in total. The zero-order valence-corrected chi connectivity index (χ0v) is 14.2. The molecule has 0 aromatic carbocycles. The number of ether oxygens (including phenoxy) is 1. The van der Waals surface area contributed by atoms with Crippen LogP contribution < -0.4 is 5.32 Å². The van der Waals surface area contributed by atoms with Gasteiger partial charge < -0.3 is 10.1 Å². The fraction of sp³-hybridized carbons (Fsp3) is 0.625. The molecule has 0 radical (unpaired) electrons. The van der Waals surface area contributed by atoms with Crippen molar-refractivity contribution in [3.8, 4) is 0 Å². The van der Waals surface area contributed by atoms with Crippen molar-refractivity contribution in [3.05, 3.63) is 16.8 Å². The first-order chi connectivity index (χ1) is 10.2. The largest absolute Gasteiger partial charge is 0.371 e. The van der Waals surface area contributed by atoms with E-state index in [-0.39, 0.29) is 6.10 Å². The van der Waals surface area contributed by atoms with Gasteiger partial charge in [0.2, 0.25) is 0 Å². The van der Waals surface area contributed by atoms with Crippen molar-refractivity contribution in [1.82, 2.24) is 9.97 Å². The van der Waals surface area contributed by atoms with E-state index in [0.29, 0.717) is 6.61 Å².